The highest BCUT2D eigenvalue weighted by atomic mass is 16.7. The molecule has 10 nitrogen and oxygen atoms in total. The molecular formula is C12H22O10. The van der Waals surface area contributed by atoms with E-state index < -0.39 is 68.3 Å². The molecule has 0 aliphatic carbocycles. The van der Waals surface area contributed by atoms with Gasteiger partial charge in [0.25, 0.3) is 0 Å². The standard InChI is InChI=1S/C12H22O10/c13-1-5-8(17)9(18)10(19)12(21-5)22-11-6(2-14)20-3-4(15)7(11)16/h4-19H,1-3H2/t4-,5?,6?,7?,8?,9?,10?,11?,12?/m1/s1. The Morgan fingerprint density at radius 1 is 0.818 bits per heavy atom. The summed E-state index contributed by atoms with van der Waals surface area (Å²) in [6.45, 7) is -1.33. The van der Waals surface area contributed by atoms with Crippen LogP contribution >= 0.6 is 0 Å². The van der Waals surface area contributed by atoms with Crippen LogP contribution < -0.4 is 0 Å². The van der Waals surface area contributed by atoms with E-state index in [1.807, 2.05) is 0 Å². The van der Waals surface area contributed by atoms with Gasteiger partial charge in [-0.1, -0.05) is 0 Å². The van der Waals surface area contributed by atoms with Crippen LogP contribution in [-0.2, 0) is 14.2 Å². The predicted octanol–water partition coefficient (Wildman–Crippen LogP) is -4.72. The zero-order valence-corrected chi connectivity index (χ0v) is 11.7. The van der Waals surface area contributed by atoms with Crippen molar-refractivity contribution in [2.75, 3.05) is 19.8 Å². The van der Waals surface area contributed by atoms with Crippen molar-refractivity contribution in [1.82, 2.24) is 0 Å². The Morgan fingerprint density at radius 3 is 2.05 bits per heavy atom. The molecule has 7 N–H and O–H groups in total. The Hall–Kier alpha value is -0.400. The van der Waals surface area contributed by atoms with Crippen molar-refractivity contribution in [1.29, 1.82) is 0 Å². The maximum absolute atomic E-state index is 9.93. The van der Waals surface area contributed by atoms with Crippen molar-refractivity contribution in [3.8, 4) is 0 Å². The summed E-state index contributed by atoms with van der Waals surface area (Å²) >= 11 is 0. The highest BCUT2D eigenvalue weighted by molar-refractivity contribution is 4.92. The molecule has 9 atom stereocenters. The van der Waals surface area contributed by atoms with E-state index in [4.69, 9.17) is 19.3 Å². The van der Waals surface area contributed by atoms with Gasteiger partial charge in [0, 0.05) is 0 Å². The van der Waals surface area contributed by atoms with Crippen LogP contribution in [0.15, 0.2) is 0 Å². The van der Waals surface area contributed by atoms with E-state index in [2.05, 4.69) is 0 Å². The summed E-state index contributed by atoms with van der Waals surface area (Å²) in [4.78, 5) is 0. The third-order valence-corrected chi connectivity index (χ3v) is 3.90. The molecule has 0 spiro atoms. The summed E-state index contributed by atoms with van der Waals surface area (Å²) in [6.07, 6.45) is -12.3. The Kier molecular flexibility index (Phi) is 6.07. The first kappa shape index (κ1) is 17.9. The molecule has 0 saturated carbocycles. The fourth-order valence-corrected chi connectivity index (χ4v) is 2.51. The molecular weight excluding hydrogens is 304 g/mol. The van der Waals surface area contributed by atoms with E-state index >= 15 is 0 Å². The third-order valence-electron chi connectivity index (χ3n) is 3.90. The van der Waals surface area contributed by atoms with Crippen molar-refractivity contribution >= 4 is 0 Å². The van der Waals surface area contributed by atoms with Crippen molar-refractivity contribution < 1.29 is 50.0 Å². The smallest absolute Gasteiger partial charge is 0.187 e. The van der Waals surface area contributed by atoms with E-state index in [1.165, 1.54) is 0 Å². The average molecular weight is 326 g/mol. The molecule has 0 aromatic heterocycles. The monoisotopic (exact) mass is 326 g/mol. The minimum atomic E-state index is -1.65. The number of hydrogen-bond donors (Lipinski definition) is 7. The van der Waals surface area contributed by atoms with Crippen LogP contribution in [0.2, 0.25) is 0 Å². The summed E-state index contributed by atoms with van der Waals surface area (Å²) in [7, 11) is 0. The normalized spacial score (nSPS) is 50.0. The van der Waals surface area contributed by atoms with Gasteiger partial charge in [0.05, 0.1) is 19.8 Å². The third kappa shape index (κ3) is 3.41. The highest BCUT2D eigenvalue weighted by Gasteiger charge is 2.48. The molecule has 2 heterocycles. The van der Waals surface area contributed by atoms with E-state index in [0.717, 1.165) is 0 Å². The van der Waals surface area contributed by atoms with Gasteiger partial charge in [0.15, 0.2) is 6.29 Å². The van der Waals surface area contributed by atoms with Crippen molar-refractivity contribution in [2.45, 2.75) is 55.1 Å². The second kappa shape index (κ2) is 7.45. The Morgan fingerprint density at radius 2 is 1.45 bits per heavy atom. The molecule has 2 aliphatic heterocycles. The summed E-state index contributed by atoms with van der Waals surface area (Å²) in [5.74, 6) is 0. The van der Waals surface area contributed by atoms with Crippen LogP contribution in [0.3, 0.4) is 0 Å². The summed E-state index contributed by atoms with van der Waals surface area (Å²) in [5.41, 5.74) is 0. The number of aliphatic hydroxyl groups excluding tert-OH is 7. The summed E-state index contributed by atoms with van der Waals surface area (Å²) in [5, 5.41) is 67.0. The minimum Gasteiger partial charge on any atom is -0.394 e. The van der Waals surface area contributed by atoms with Gasteiger partial charge < -0.3 is 50.0 Å². The minimum absolute atomic E-state index is 0.194. The van der Waals surface area contributed by atoms with Crippen molar-refractivity contribution in [3.63, 3.8) is 0 Å². The molecule has 2 aliphatic rings. The maximum Gasteiger partial charge on any atom is 0.187 e. The van der Waals surface area contributed by atoms with Gasteiger partial charge >= 0.3 is 0 Å². The quantitative estimate of drug-likeness (QED) is 0.266. The molecule has 0 amide bonds. The van der Waals surface area contributed by atoms with E-state index in [1.54, 1.807) is 0 Å². The summed E-state index contributed by atoms with van der Waals surface area (Å²) < 4.78 is 15.6. The van der Waals surface area contributed by atoms with Gasteiger partial charge in [-0.15, -0.1) is 0 Å². The topological polar surface area (TPSA) is 169 Å². The molecule has 22 heavy (non-hydrogen) atoms. The zero-order valence-electron chi connectivity index (χ0n) is 11.7. The van der Waals surface area contributed by atoms with Crippen molar-refractivity contribution in [2.24, 2.45) is 0 Å². The first-order valence-electron chi connectivity index (χ1n) is 6.95. The first-order valence-corrected chi connectivity index (χ1v) is 6.95. The van der Waals surface area contributed by atoms with Crippen LogP contribution in [0.1, 0.15) is 0 Å². The molecule has 2 fully saturated rings. The number of hydrogen-bond acceptors (Lipinski definition) is 10. The molecule has 2 rings (SSSR count). The molecule has 0 bridgehead atoms. The molecule has 8 unspecified atom stereocenters. The molecule has 2 saturated heterocycles. The van der Waals surface area contributed by atoms with Crippen molar-refractivity contribution in [3.05, 3.63) is 0 Å². The molecule has 0 aromatic rings. The number of aliphatic hydroxyl groups is 7. The lowest BCUT2D eigenvalue weighted by Gasteiger charge is -2.44. The van der Waals surface area contributed by atoms with Gasteiger partial charge in [-0.3, -0.25) is 0 Å². The van der Waals surface area contributed by atoms with Crippen LogP contribution in [0, 0.1) is 0 Å². The fraction of sp³-hybridized carbons (Fsp3) is 1.00. The van der Waals surface area contributed by atoms with Gasteiger partial charge in [-0.2, -0.15) is 0 Å². The van der Waals surface area contributed by atoms with Crippen LogP contribution in [0.5, 0.6) is 0 Å². The Balaban J connectivity index is 2.09. The van der Waals surface area contributed by atoms with Gasteiger partial charge in [0.1, 0.15) is 48.8 Å². The van der Waals surface area contributed by atoms with E-state index in [9.17, 15) is 30.6 Å². The predicted molar refractivity (Wildman–Crippen MR) is 67.5 cm³/mol. The number of rotatable bonds is 4. The second-order valence-corrected chi connectivity index (χ2v) is 5.41. The maximum atomic E-state index is 9.93. The largest absolute Gasteiger partial charge is 0.394 e. The first-order chi connectivity index (χ1) is 10.4. The summed E-state index contributed by atoms with van der Waals surface area (Å²) in [6, 6.07) is 0. The van der Waals surface area contributed by atoms with Gasteiger partial charge in [-0.05, 0) is 0 Å². The lowest BCUT2D eigenvalue weighted by atomic mass is 9.97. The van der Waals surface area contributed by atoms with Crippen LogP contribution in [0.25, 0.3) is 0 Å². The van der Waals surface area contributed by atoms with Crippen LogP contribution in [0.4, 0.5) is 0 Å². The average Bonchev–Trinajstić information content (AvgIpc) is 2.52. The van der Waals surface area contributed by atoms with E-state index in [-0.39, 0.29) is 6.61 Å². The fourth-order valence-electron chi connectivity index (χ4n) is 2.51. The van der Waals surface area contributed by atoms with Crippen LogP contribution in [-0.4, -0.2) is 111 Å². The van der Waals surface area contributed by atoms with E-state index in [0.29, 0.717) is 0 Å². The highest BCUT2D eigenvalue weighted by Crippen LogP contribution is 2.27. The molecule has 0 radical (unpaired) electrons. The lowest BCUT2D eigenvalue weighted by molar-refractivity contribution is -0.336. The molecule has 130 valence electrons. The Labute approximate surface area is 126 Å². The molecule has 10 heteroatoms. The van der Waals surface area contributed by atoms with Gasteiger partial charge in [0.2, 0.25) is 0 Å². The SMILES string of the molecule is OCC1OC(OC2C(CO)OC[C@@H](O)C2O)C(O)C(O)C1O. The molecule has 0 aromatic carbocycles. The second-order valence-electron chi connectivity index (χ2n) is 5.41. The van der Waals surface area contributed by atoms with Gasteiger partial charge in [-0.25, -0.2) is 0 Å². The zero-order chi connectivity index (χ0) is 16.4. The number of ether oxygens (including phenoxy) is 3. The Bertz CT molecular complexity index is 351. The lowest BCUT2D eigenvalue weighted by Crippen LogP contribution is -2.63.